The fourth-order valence-electron chi connectivity index (χ4n) is 3.94. The molecule has 0 radical (unpaired) electrons. The minimum atomic E-state index is 0. The Labute approximate surface area is 154 Å². The van der Waals surface area contributed by atoms with Crippen molar-refractivity contribution in [3.63, 3.8) is 0 Å². The summed E-state index contributed by atoms with van der Waals surface area (Å²) < 4.78 is 0. The third kappa shape index (κ3) is 6.77. The van der Waals surface area contributed by atoms with Crippen molar-refractivity contribution in [3.8, 4) is 0 Å². The van der Waals surface area contributed by atoms with Gasteiger partial charge in [0.05, 0.1) is 0 Å². The standard InChI is InChI=1S/C17H33N3O.2ClH/c1-3-11-19(12-4-2)13-5-6-17(21)20-15-7-8-16(20)14-18-10-9-15;;/h15-16,18H,3-14H2,1-2H3;2*1H. The highest BCUT2D eigenvalue weighted by Gasteiger charge is 2.37. The van der Waals surface area contributed by atoms with Gasteiger partial charge in [0.1, 0.15) is 0 Å². The highest BCUT2D eigenvalue weighted by molar-refractivity contribution is 5.85. The van der Waals surface area contributed by atoms with Gasteiger partial charge < -0.3 is 15.1 Å². The fraction of sp³-hybridized carbons (Fsp3) is 0.941. The SMILES string of the molecule is CCCN(CCC)CCCC(=O)N1C2CCNCC1CC2.Cl.Cl. The highest BCUT2D eigenvalue weighted by atomic mass is 35.5. The van der Waals surface area contributed by atoms with Crippen LogP contribution in [0.25, 0.3) is 0 Å². The number of hydrogen-bond donors (Lipinski definition) is 1. The molecule has 2 aliphatic rings. The van der Waals surface area contributed by atoms with Crippen molar-refractivity contribution in [2.75, 3.05) is 32.7 Å². The minimum absolute atomic E-state index is 0. The van der Waals surface area contributed by atoms with Crippen LogP contribution in [-0.2, 0) is 4.79 Å². The topological polar surface area (TPSA) is 35.6 Å². The summed E-state index contributed by atoms with van der Waals surface area (Å²) >= 11 is 0. The van der Waals surface area contributed by atoms with Gasteiger partial charge in [0.2, 0.25) is 5.91 Å². The number of hydrogen-bond acceptors (Lipinski definition) is 3. The Morgan fingerprint density at radius 2 is 1.70 bits per heavy atom. The molecule has 138 valence electrons. The summed E-state index contributed by atoms with van der Waals surface area (Å²) in [5.74, 6) is 0.402. The Morgan fingerprint density at radius 3 is 2.35 bits per heavy atom. The molecule has 0 aromatic heterocycles. The van der Waals surface area contributed by atoms with Crippen molar-refractivity contribution in [3.05, 3.63) is 0 Å². The Hall–Kier alpha value is -0.0300. The predicted molar refractivity (Wildman–Crippen MR) is 102 cm³/mol. The lowest BCUT2D eigenvalue weighted by molar-refractivity contribution is -0.133. The summed E-state index contributed by atoms with van der Waals surface area (Å²) in [7, 11) is 0. The fourth-order valence-corrected chi connectivity index (χ4v) is 3.94. The number of nitrogens with one attached hydrogen (secondary N) is 1. The maximum Gasteiger partial charge on any atom is 0.223 e. The van der Waals surface area contributed by atoms with Gasteiger partial charge in [-0.2, -0.15) is 0 Å². The second kappa shape index (κ2) is 12.3. The maximum absolute atomic E-state index is 12.6. The molecule has 2 unspecified atom stereocenters. The van der Waals surface area contributed by atoms with Crippen LogP contribution in [0, 0.1) is 0 Å². The van der Waals surface area contributed by atoms with E-state index in [9.17, 15) is 4.79 Å². The highest BCUT2D eigenvalue weighted by Crippen LogP contribution is 2.28. The van der Waals surface area contributed by atoms with E-state index in [1.807, 2.05) is 0 Å². The quantitative estimate of drug-likeness (QED) is 0.715. The molecule has 0 spiro atoms. The van der Waals surface area contributed by atoms with Gasteiger partial charge in [-0.15, -0.1) is 24.8 Å². The molecular weight excluding hydrogens is 333 g/mol. The van der Waals surface area contributed by atoms with Crippen LogP contribution in [0.3, 0.4) is 0 Å². The van der Waals surface area contributed by atoms with Gasteiger partial charge in [0.15, 0.2) is 0 Å². The first-order valence-corrected chi connectivity index (χ1v) is 9.00. The normalized spacial score (nSPS) is 23.2. The third-order valence-electron chi connectivity index (χ3n) is 4.89. The largest absolute Gasteiger partial charge is 0.335 e. The zero-order chi connectivity index (χ0) is 15.1. The molecule has 0 aromatic rings. The first-order valence-electron chi connectivity index (χ1n) is 9.00. The molecule has 2 fully saturated rings. The molecule has 6 heteroatoms. The second-order valence-electron chi connectivity index (χ2n) is 6.62. The van der Waals surface area contributed by atoms with E-state index in [0.717, 1.165) is 38.9 Å². The van der Waals surface area contributed by atoms with Crippen LogP contribution in [0.15, 0.2) is 0 Å². The van der Waals surface area contributed by atoms with Crippen molar-refractivity contribution in [2.24, 2.45) is 0 Å². The molecule has 1 N–H and O–H groups in total. The van der Waals surface area contributed by atoms with E-state index in [4.69, 9.17) is 0 Å². The summed E-state index contributed by atoms with van der Waals surface area (Å²) in [6, 6.07) is 0.979. The molecule has 23 heavy (non-hydrogen) atoms. The maximum atomic E-state index is 12.6. The Bertz CT molecular complexity index is 311. The summed E-state index contributed by atoms with van der Waals surface area (Å²) in [5.41, 5.74) is 0. The van der Waals surface area contributed by atoms with Crippen LogP contribution in [0.5, 0.6) is 0 Å². The lowest BCUT2D eigenvalue weighted by atomic mass is 10.1. The van der Waals surface area contributed by atoms with Crippen LogP contribution < -0.4 is 5.32 Å². The first kappa shape index (κ1) is 23.0. The molecule has 0 saturated carbocycles. The second-order valence-corrected chi connectivity index (χ2v) is 6.62. The average Bonchev–Trinajstić information content (AvgIpc) is 2.72. The van der Waals surface area contributed by atoms with E-state index >= 15 is 0 Å². The Morgan fingerprint density at radius 1 is 1.04 bits per heavy atom. The van der Waals surface area contributed by atoms with E-state index < -0.39 is 0 Å². The number of carbonyl (C=O) groups is 1. The summed E-state index contributed by atoms with van der Waals surface area (Å²) in [6.45, 7) is 9.95. The lowest BCUT2D eigenvalue weighted by Crippen LogP contribution is -2.42. The molecule has 0 aromatic carbocycles. The lowest BCUT2D eigenvalue weighted by Gasteiger charge is -2.28. The number of fused-ring (bicyclic) bond motifs is 2. The van der Waals surface area contributed by atoms with Crippen LogP contribution in [0.2, 0.25) is 0 Å². The predicted octanol–water partition coefficient (Wildman–Crippen LogP) is 3.09. The smallest absolute Gasteiger partial charge is 0.223 e. The Balaban J connectivity index is 0.00000242. The number of halogens is 2. The molecule has 2 rings (SSSR count). The van der Waals surface area contributed by atoms with Crippen molar-refractivity contribution >= 4 is 30.7 Å². The molecule has 2 bridgehead atoms. The first-order chi connectivity index (χ1) is 10.3. The van der Waals surface area contributed by atoms with E-state index in [2.05, 4.69) is 29.0 Å². The molecule has 4 nitrogen and oxygen atoms in total. The minimum Gasteiger partial charge on any atom is -0.335 e. The van der Waals surface area contributed by atoms with Crippen molar-refractivity contribution < 1.29 is 4.79 Å². The summed E-state index contributed by atoms with van der Waals surface area (Å²) in [4.78, 5) is 17.3. The zero-order valence-corrected chi connectivity index (χ0v) is 16.4. The van der Waals surface area contributed by atoms with Crippen LogP contribution >= 0.6 is 24.8 Å². The van der Waals surface area contributed by atoms with Gasteiger partial charge >= 0.3 is 0 Å². The van der Waals surface area contributed by atoms with E-state index in [0.29, 0.717) is 18.0 Å². The number of nitrogens with zero attached hydrogens (tertiary/aromatic N) is 2. The summed E-state index contributed by atoms with van der Waals surface area (Å²) in [6.07, 6.45) is 7.71. The van der Waals surface area contributed by atoms with Crippen LogP contribution in [0.4, 0.5) is 0 Å². The van der Waals surface area contributed by atoms with E-state index in [1.54, 1.807) is 0 Å². The molecule has 1 amide bonds. The van der Waals surface area contributed by atoms with Gasteiger partial charge in [0, 0.05) is 25.0 Å². The third-order valence-corrected chi connectivity index (χ3v) is 4.89. The number of rotatable bonds is 8. The van der Waals surface area contributed by atoms with Gasteiger partial charge in [-0.05, 0) is 64.7 Å². The van der Waals surface area contributed by atoms with Gasteiger partial charge in [-0.3, -0.25) is 4.79 Å². The van der Waals surface area contributed by atoms with Crippen LogP contribution in [0.1, 0.15) is 58.8 Å². The van der Waals surface area contributed by atoms with E-state index in [1.165, 1.54) is 38.8 Å². The van der Waals surface area contributed by atoms with Crippen molar-refractivity contribution in [1.29, 1.82) is 0 Å². The monoisotopic (exact) mass is 367 g/mol. The van der Waals surface area contributed by atoms with Gasteiger partial charge in [-0.25, -0.2) is 0 Å². The van der Waals surface area contributed by atoms with Crippen LogP contribution in [-0.4, -0.2) is 60.5 Å². The van der Waals surface area contributed by atoms with Crippen molar-refractivity contribution in [1.82, 2.24) is 15.1 Å². The van der Waals surface area contributed by atoms with Crippen molar-refractivity contribution in [2.45, 2.75) is 70.9 Å². The molecule has 2 atom stereocenters. The molecule has 2 heterocycles. The molecule has 0 aliphatic carbocycles. The Kier molecular flexibility index (Phi) is 12.3. The average molecular weight is 368 g/mol. The zero-order valence-electron chi connectivity index (χ0n) is 14.8. The number of carbonyl (C=O) groups excluding carboxylic acids is 1. The van der Waals surface area contributed by atoms with Gasteiger partial charge in [0.25, 0.3) is 0 Å². The number of amides is 1. The van der Waals surface area contributed by atoms with Gasteiger partial charge in [-0.1, -0.05) is 13.8 Å². The molecule has 2 aliphatic heterocycles. The molecule has 2 saturated heterocycles. The van der Waals surface area contributed by atoms with E-state index in [-0.39, 0.29) is 24.8 Å². The summed E-state index contributed by atoms with van der Waals surface area (Å²) in [5, 5.41) is 3.47. The molecular formula is C17H35Cl2N3O.